The SMILES string of the molecule is CCOc1ccc(C)cc1C(=O)CSCc1ccco1. The molecule has 1 aromatic heterocycles. The van der Waals surface area contributed by atoms with Gasteiger partial charge in [0.15, 0.2) is 5.78 Å². The second-order valence-electron chi connectivity index (χ2n) is 4.43. The number of furan rings is 1. The summed E-state index contributed by atoms with van der Waals surface area (Å²) in [7, 11) is 0. The van der Waals surface area contributed by atoms with Crippen molar-refractivity contribution in [2.75, 3.05) is 12.4 Å². The van der Waals surface area contributed by atoms with E-state index in [1.807, 2.05) is 44.2 Å². The molecular formula is C16H18O3S. The number of hydrogen-bond acceptors (Lipinski definition) is 4. The van der Waals surface area contributed by atoms with Gasteiger partial charge in [0.25, 0.3) is 0 Å². The molecule has 1 aromatic carbocycles. The molecule has 0 aliphatic carbocycles. The van der Waals surface area contributed by atoms with Gasteiger partial charge in [0, 0.05) is 0 Å². The van der Waals surface area contributed by atoms with Crippen LogP contribution in [0.4, 0.5) is 0 Å². The number of rotatable bonds is 7. The highest BCUT2D eigenvalue weighted by Gasteiger charge is 2.13. The maximum Gasteiger partial charge on any atom is 0.176 e. The molecule has 2 aromatic rings. The van der Waals surface area contributed by atoms with Crippen LogP contribution in [0.5, 0.6) is 5.75 Å². The van der Waals surface area contributed by atoms with Crippen LogP contribution in [0.2, 0.25) is 0 Å². The smallest absolute Gasteiger partial charge is 0.176 e. The van der Waals surface area contributed by atoms with Crippen LogP contribution in [0, 0.1) is 6.92 Å². The summed E-state index contributed by atoms with van der Waals surface area (Å²) in [5, 5.41) is 0. The first-order valence-corrected chi connectivity index (χ1v) is 7.73. The van der Waals surface area contributed by atoms with Crippen LogP contribution in [0.15, 0.2) is 41.0 Å². The van der Waals surface area contributed by atoms with Gasteiger partial charge < -0.3 is 9.15 Å². The monoisotopic (exact) mass is 290 g/mol. The van der Waals surface area contributed by atoms with Crippen molar-refractivity contribution in [1.29, 1.82) is 0 Å². The summed E-state index contributed by atoms with van der Waals surface area (Å²) in [6, 6.07) is 9.48. The van der Waals surface area contributed by atoms with E-state index in [1.165, 1.54) is 0 Å². The highest BCUT2D eigenvalue weighted by molar-refractivity contribution is 7.99. The van der Waals surface area contributed by atoms with Gasteiger partial charge in [-0.1, -0.05) is 11.6 Å². The van der Waals surface area contributed by atoms with Crippen molar-refractivity contribution in [3.8, 4) is 5.75 Å². The topological polar surface area (TPSA) is 39.4 Å². The van der Waals surface area contributed by atoms with Crippen molar-refractivity contribution in [3.63, 3.8) is 0 Å². The highest BCUT2D eigenvalue weighted by atomic mass is 32.2. The fourth-order valence-corrected chi connectivity index (χ4v) is 2.67. The fraction of sp³-hybridized carbons (Fsp3) is 0.312. The summed E-state index contributed by atoms with van der Waals surface area (Å²) >= 11 is 1.55. The summed E-state index contributed by atoms with van der Waals surface area (Å²) < 4.78 is 10.8. The van der Waals surface area contributed by atoms with Crippen LogP contribution in [0.1, 0.15) is 28.6 Å². The number of benzene rings is 1. The van der Waals surface area contributed by atoms with Crippen molar-refractivity contribution < 1.29 is 13.9 Å². The van der Waals surface area contributed by atoms with Gasteiger partial charge in [-0.25, -0.2) is 0 Å². The first kappa shape index (κ1) is 14.7. The molecule has 0 aliphatic rings. The number of ketones is 1. The van der Waals surface area contributed by atoms with E-state index in [2.05, 4.69) is 0 Å². The number of Topliss-reactive ketones (excluding diaryl/α,β-unsaturated/α-hetero) is 1. The minimum Gasteiger partial charge on any atom is -0.493 e. The molecule has 0 amide bonds. The number of carbonyl (C=O) groups excluding carboxylic acids is 1. The molecule has 0 saturated carbocycles. The molecule has 0 aliphatic heterocycles. The molecular weight excluding hydrogens is 272 g/mol. The van der Waals surface area contributed by atoms with E-state index < -0.39 is 0 Å². The Balaban J connectivity index is 1.99. The first-order valence-electron chi connectivity index (χ1n) is 6.57. The molecule has 4 heteroatoms. The predicted octanol–water partition coefficient (Wildman–Crippen LogP) is 4.10. The van der Waals surface area contributed by atoms with E-state index in [0.29, 0.717) is 29.4 Å². The van der Waals surface area contributed by atoms with Gasteiger partial charge >= 0.3 is 0 Å². The van der Waals surface area contributed by atoms with Crippen LogP contribution in [-0.2, 0) is 5.75 Å². The van der Waals surface area contributed by atoms with Gasteiger partial charge in [-0.3, -0.25) is 4.79 Å². The molecule has 0 saturated heterocycles. The largest absolute Gasteiger partial charge is 0.493 e. The van der Waals surface area contributed by atoms with Crippen molar-refractivity contribution >= 4 is 17.5 Å². The van der Waals surface area contributed by atoms with Gasteiger partial charge in [0.1, 0.15) is 11.5 Å². The summed E-state index contributed by atoms with van der Waals surface area (Å²) in [4.78, 5) is 12.3. The lowest BCUT2D eigenvalue weighted by Gasteiger charge is -2.10. The van der Waals surface area contributed by atoms with E-state index in [4.69, 9.17) is 9.15 Å². The summed E-state index contributed by atoms with van der Waals surface area (Å²) in [5.41, 5.74) is 1.73. The molecule has 1 heterocycles. The normalized spacial score (nSPS) is 10.5. The Morgan fingerprint density at radius 2 is 2.20 bits per heavy atom. The van der Waals surface area contributed by atoms with E-state index in [9.17, 15) is 4.79 Å². The molecule has 0 N–H and O–H groups in total. The van der Waals surface area contributed by atoms with Gasteiger partial charge in [-0.2, -0.15) is 0 Å². The Morgan fingerprint density at radius 3 is 2.90 bits per heavy atom. The maximum atomic E-state index is 12.3. The molecule has 0 bridgehead atoms. The third kappa shape index (κ3) is 3.90. The van der Waals surface area contributed by atoms with Crippen LogP contribution >= 0.6 is 11.8 Å². The second kappa shape index (κ2) is 7.20. The molecule has 106 valence electrons. The van der Waals surface area contributed by atoms with Crippen molar-refractivity contribution in [1.82, 2.24) is 0 Å². The third-order valence-corrected chi connectivity index (χ3v) is 3.75. The van der Waals surface area contributed by atoms with Crippen LogP contribution in [0.3, 0.4) is 0 Å². The third-order valence-electron chi connectivity index (χ3n) is 2.79. The predicted molar refractivity (Wildman–Crippen MR) is 81.5 cm³/mol. The molecule has 2 rings (SSSR count). The van der Waals surface area contributed by atoms with Crippen LogP contribution in [-0.4, -0.2) is 18.1 Å². The number of aryl methyl sites for hydroxylation is 1. The Hall–Kier alpha value is -1.68. The van der Waals surface area contributed by atoms with Gasteiger partial charge in [-0.05, 0) is 38.1 Å². The lowest BCUT2D eigenvalue weighted by Crippen LogP contribution is -2.07. The van der Waals surface area contributed by atoms with Crippen molar-refractivity contribution in [2.45, 2.75) is 19.6 Å². The van der Waals surface area contributed by atoms with Gasteiger partial charge in [0.05, 0.1) is 29.9 Å². The Morgan fingerprint density at radius 1 is 1.35 bits per heavy atom. The molecule has 20 heavy (non-hydrogen) atoms. The minimum absolute atomic E-state index is 0.0914. The molecule has 0 radical (unpaired) electrons. The number of thioether (sulfide) groups is 1. The standard InChI is InChI=1S/C16H18O3S/c1-3-18-16-7-6-12(2)9-14(16)15(17)11-20-10-13-5-4-8-19-13/h4-9H,3,10-11H2,1-2H3. The summed E-state index contributed by atoms with van der Waals surface area (Å²) in [6.07, 6.45) is 1.64. The Kier molecular flexibility index (Phi) is 5.30. The average Bonchev–Trinajstić information content (AvgIpc) is 2.94. The van der Waals surface area contributed by atoms with E-state index >= 15 is 0 Å². The lowest BCUT2D eigenvalue weighted by molar-refractivity contribution is 0.101. The number of ether oxygens (including phenoxy) is 1. The molecule has 0 fully saturated rings. The number of hydrogen-bond donors (Lipinski definition) is 0. The molecule has 0 spiro atoms. The quantitative estimate of drug-likeness (QED) is 0.720. The zero-order valence-corrected chi connectivity index (χ0v) is 12.5. The summed E-state index contributed by atoms with van der Waals surface area (Å²) in [6.45, 7) is 4.45. The molecule has 0 atom stereocenters. The van der Waals surface area contributed by atoms with Gasteiger partial charge in [0.2, 0.25) is 0 Å². The number of carbonyl (C=O) groups is 1. The Bertz CT molecular complexity index is 561. The Labute approximate surface area is 123 Å². The summed E-state index contributed by atoms with van der Waals surface area (Å²) in [5.74, 6) is 2.77. The zero-order valence-electron chi connectivity index (χ0n) is 11.7. The highest BCUT2D eigenvalue weighted by Crippen LogP contribution is 2.23. The van der Waals surface area contributed by atoms with Crippen LogP contribution < -0.4 is 4.74 Å². The van der Waals surface area contributed by atoms with E-state index in [-0.39, 0.29) is 5.78 Å². The fourth-order valence-electron chi connectivity index (χ4n) is 1.86. The first-order chi connectivity index (χ1) is 9.70. The maximum absolute atomic E-state index is 12.3. The minimum atomic E-state index is 0.0914. The van der Waals surface area contributed by atoms with E-state index in [1.54, 1.807) is 18.0 Å². The average molecular weight is 290 g/mol. The van der Waals surface area contributed by atoms with Crippen molar-refractivity contribution in [2.24, 2.45) is 0 Å². The lowest BCUT2D eigenvalue weighted by atomic mass is 10.1. The molecule has 3 nitrogen and oxygen atoms in total. The zero-order chi connectivity index (χ0) is 14.4. The van der Waals surface area contributed by atoms with E-state index in [0.717, 1.165) is 11.3 Å². The second-order valence-corrected chi connectivity index (χ2v) is 5.41. The van der Waals surface area contributed by atoms with Crippen molar-refractivity contribution in [3.05, 3.63) is 53.5 Å². The molecule has 0 unspecified atom stereocenters. The van der Waals surface area contributed by atoms with Crippen LogP contribution in [0.25, 0.3) is 0 Å². The van der Waals surface area contributed by atoms with Gasteiger partial charge in [-0.15, -0.1) is 11.8 Å².